The van der Waals surface area contributed by atoms with Crippen LogP contribution in [0.1, 0.15) is 72.2 Å². The zero-order valence-corrected chi connectivity index (χ0v) is 22.5. The molecule has 1 aliphatic heterocycles. The number of esters is 1. The number of benzene rings is 1. The molecule has 2 aromatic rings. The van der Waals surface area contributed by atoms with Gasteiger partial charge in [-0.05, 0) is 57.0 Å². The van der Waals surface area contributed by atoms with E-state index in [4.69, 9.17) is 4.74 Å². The van der Waals surface area contributed by atoms with E-state index in [9.17, 15) is 19.5 Å². The van der Waals surface area contributed by atoms with Crippen molar-refractivity contribution in [2.24, 2.45) is 0 Å². The summed E-state index contributed by atoms with van der Waals surface area (Å²) in [6.45, 7) is 12.5. The molecule has 2 heterocycles. The van der Waals surface area contributed by atoms with Crippen LogP contribution in [-0.2, 0) is 19.7 Å². The number of aromatic amines is 1. The first-order chi connectivity index (χ1) is 16.8. The van der Waals surface area contributed by atoms with E-state index < -0.39 is 23.7 Å². The molecule has 0 unspecified atom stereocenters. The number of aliphatic hydroxyl groups excluding tert-OH is 1. The molecule has 1 fully saturated rings. The lowest BCUT2D eigenvalue weighted by molar-refractivity contribution is -0.140. The highest BCUT2D eigenvalue weighted by atomic mass is 16.5. The van der Waals surface area contributed by atoms with Gasteiger partial charge in [-0.25, -0.2) is 4.79 Å². The SMILES string of the molecule is CCOC(=O)c1[nH]c(C)c(C(O)=C2C(=O)C(=O)N(CCN(C)C)[C@@H]2c2ccc(C(C)(C)C)cc2)c1C. The average molecular weight is 496 g/mol. The summed E-state index contributed by atoms with van der Waals surface area (Å²) in [5.41, 5.74) is 3.33. The van der Waals surface area contributed by atoms with E-state index in [2.05, 4.69) is 25.8 Å². The van der Waals surface area contributed by atoms with Gasteiger partial charge >= 0.3 is 5.97 Å². The van der Waals surface area contributed by atoms with Crippen LogP contribution in [-0.4, -0.2) is 71.3 Å². The van der Waals surface area contributed by atoms with E-state index in [1.54, 1.807) is 20.8 Å². The Bertz CT molecular complexity index is 1200. The monoisotopic (exact) mass is 495 g/mol. The van der Waals surface area contributed by atoms with Gasteiger partial charge in [0, 0.05) is 24.3 Å². The predicted octanol–water partition coefficient (Wildman–Crippen LogP) is 4.09. The number of ketones is 1. The summed E-state index contributed by atoms with van der Waals surface area (Å²) in [4.78, 5) is 45.3. The second-order valence-electron chi connectivity index (χ2n) is 10.5. The summed E-state index contributed by atoms with van der Waals surface area (Å²) in [6.07, 6.45) is 0. The molecule has 1 saturated heterocycles. The van der Waals surface area contributed by atoms with E-state index in [0.29, 0.717) is 29.9 Å². The molecule has 194 valence electrons. The summed E-state index contributed by atoms with van der Waals surface area (Å²) in [7, 11) is 3.79. The van der Waals surface area contributed by atoms with Gasteiger partial charge in [0.15, 0.2) is 0 Å². The van der Waals surface area contributed by atoms with E-state index in [1.165, 1.54) is 4.90 Å². The molecule has 1 amide bonds. The highest BCUT2D eigenvalue weighted by Gasteiger charge is 2.46. The zero-order valence-electron chi connectivity index (χ0n) is 22.5. The molecule has 1 atom stereocenters. The maximum absolute atomic E-state index is 13.3. The maximum Gasteiger partial charge on any atom is 0.355 e. The highest BCUT2D eigenvalue weighted by Crippen LogP contribution is 2.41. The number of hydrogen-bond donors (Lipinski definition) is 2. The first kappa shape index (κ1) is 27.2. The normalized spacial score (nSPS) is 17.8. The van der Waals surface area contributed by atoms with Gasteiger partial charge < -0.3 is 24.6 Å². The molecule has 8 heteroatoms. The first-order valence-electron chi connectivity index (χ1n) is 12.2. The third-order valence-corrected chi connectivity index (χ3v) is 6.57. The zero-order chi connectivity index (χ0) is 26.9. The third kappa shape index (κ3) is 5.09. The lowest BCUT2D eigenvalue weighted by atomic mass is 9.85. The minimum absolute atomic E-state index is 0.0165. The minimum Gasteiger partial charge on any atom is -0.507 e. The molecule has 0 spiro atoms. The Morgan fingerprint density at radius 1 is 1.14 bits per heavy atom. The molecule has 0 aliphatic carbocycles. The Kier molecular flexibility index (Phi) is 7.79. The molecule has 0 bridgehead atoms. The summed E-state index contributed by atoms with van der Waals surface area (Å²) >= 11 is 0. The Balaban J connectivity index is 2.20. The van der Waals surface area contributed by atoms with Gasteiger partial charge in [0.2, 0.25) is 0 Å². The smallest absolute Gasteiger partial charge is 0.355 e. The molecule has 1 aromatic carbocycles. The molecule has 1 aliphatic rings. The van der Waals surface area contributed by atoms with Crippen LogP contribution < -0.4 is 0 Å². The lowest BCUT2D eigenvalue weighted by Gasteiger charge is -2.27. The van der Waals surface area contributed by atoms with Gasteiger partial charge in [-0.15, -0.1) is 0 Å². The van der Waals surface area contributed by atoms with Crippen LogP contribution in [0.4, 0.5) is 0 Å². The van der Waals surface area contributed by atoms with Crippen molar-refractivity contribution < 1.29 is 24.2 Å². The predicted molar refractivity (Wildman–Crippen MR) is 139 cm³/mol. The summed E-state index contributed by atoms with van der Waals surface area (Å²) < 4.78 is 5.12. The van der Waals surface area contributed by atoms with Crippen LogP contribution in [0.3, 0.4) is 0 Å². The Labute approximate surface area is 212 Å². The quantitative estimate of drug-likeness (QED) is 0.260. The molecule has 0 radical (unpaired) electrons. The van der Waals surface area contributed by atoms with Gasteiger partial charge in [0.05, 0.1) is 18.2 Å². The number of carbonyl (C=O) groups is 3. The van der Waals surface area contributed by atoms with Crippen molar-refractivity contribution in [1.82, 2.24) is 14.8 Å². The highest BCUT2D eigenvalue weighted by molar-refractivity contribution is 6.46. The van der Waals surface area contributed by atoms with Crippen LogP contribution in [0.5, 0.6) is 0 Å². The van der Waals surface area contributed by atoms with Gasteiger partial charge in [0.25, 0.3) is 11.7 Å². The van der Waals surface area contributed by atoms with E-state index in [0.717, 1.165) is 11.1 Å². The molecule has 36 heavy (non-hydrogen) atoms. The molecule has 2 N–H and O–H groups in total. The number of H-pyrrole nitrogens is 1. The number of likely N-dealkylation sites (N-methyl/N-ethyl adjacent to an activating group) is 1. The van der Waals surface area contributed by atoms with Crippen molar-refractivity contribution in [1.29, 1.82) is 0 Å². The second-order valence-corrected chi connectivity index (χ2v) is 10.5. The van der Waals surface area contributed by atoms with Crippen molar-refractivity contribution in [3.05, 3.63) is 63.5 Å². The fourth-order valence-electron chi connectivity index (χ4n) is 4.58. The van der Waals surface area contributed by atoms with Crippen molar-refractivity contribution >= 4 is 23.4 Å². The van der Waals surface area contributed by atoms with Crippen molar-refractivity contribution in [3.63, 3.8) is 0 Å². The van der Waals surface area contributed by atoms with Crippen LogP contribution >= 0.6 is 0 Å². The van der Waals surface area contributed by atoms with Crippen LogP contribution in [0.25, 0.3) is 5.76 Å². The van der Waals surface area contributed by atoms with E-state index >= 15 is 0 Å². The topological polar surface area (TPSA) is 103 Å². The number of aliphatic hydroxyl groups is 1. The maximum atomic E-state index is 13.3. The van der Waals surface area contributed by atoms with Gasteiger partial charge in [0.1, 0.15) is 11.5 Å². The van der Waals surface area contributed by atoms with Crippen molar-refractivity contribution in [2.75, 3.05) is 33.8 Å². The number of ether oxygens (including phenoxy) is 1. The van der Waals surface area contributed by atoms with Gasteiger partial charge in [-0.2, -0.15) is 0 Å². The van der Waals surface area contributed by atoms with Crippen molar-refractivity contribution in [3.8, 4) is 0 Å². The Morgan fingerprint density at radius 3 is 2.28 bits per heavy atom. The molecule has 1 aromatic heterocycles. The van der Waals surface area contributed by atoms with Crippen LogP contribution in [0.15, 0.2) is 29.8 Å². The Morgan fingerprint density at radius 2 is 1.75 bits per heavy atom. The number of hydrogen-bond acceptors (Lipinski definition) is 6. The van der Waals surface area contributed by atoms with Crippen LogP contribution in [0.2, 0.25) is 0 Å². The molecule has 3 rings (SSSR count). The molecule has 8 nitrogen and oxygen atoms in total. The number of aromatic nitrogens is 1. The van der Waals surface area contributed by atoms with Crippen LogP contribution in [0, 0.1) is 13.8 Å². The molecular weight excluding hydrogens is 458 g/mol. The summed E-state index contributed by atoms with van der Waals surface area (Å²) in [6, 6.07) is 7.06. The van der Waals surface area contributed by atoms with Crippen molar-refractivity contribution in [2.45, 2.75) is 53.0 Å². The molecular formula is C28H37N3O5. The van der Waals surface area contributed by atoms with Gasteiger partial charge in [-0.3, -0.25) is 9.59 Å². The standard InChI is InChI=1S/C28H37N3O5/c1-9-36-27(35)22-16(2)20(17(3)29-22)24(32)21-23(18-10-12-19(13-11-18)28(4,5)6)31(15-14-30(7)8)26(34)25(21)33/h10-13,23,29,32H,9,14-15H2,1-8H3/t23-/m1/s1. The van der Waals surface area contributed by atoms with E-state index in [1.807, 2.05) is 43.3 Å². The number of likely N-dealkylation sites (tertiary alicyclic amines) is 1. The first-order valence-corrected chi connectivity index (χ1v) is 12.2. The summed E-state index contributed by atoms with van der Waals surface area (Å²) in [5, 5.41) is 11.5. The number of amides is 1. The average Bonchev–Trinajstić information content (AvgIpc) is 3.24. The number of rotatable bonds is 7. The number of nitrogens with one attached hydrogen (secondary N) is 1. The number of nitrogens with zero attached hydrogens (tertiary/aromatic N) is 2. The second kappa shape index (κ2) is 10.3. The lowest BCUT2D eigenvalue weighted by Crippen LogP contribution is -2.35. The summed E-state index contributed by atoms with van der Waals surface area (Å²) in [5.74, 6) is -2.24. The number of Topliss-reactive ketones (excluding diaryl/α,β-unsaturated/α-hetero) is 1. The fraction of sp³-hybridized carbons (Fsp3) is 0.464. The Hall–Kier alpha value is -3.39. The third-order valence-electron chi connectivity index (χ3n) is 6.57. The largest absolute Gasteiger partial charge is 0.507 e. The van der Waals surface area contributed by atoms with Gasteiger partial charge in [-0.1, -0.05) is 45.0 Å². The van der Waals surface area contributed by atoms with E-state index in [-0.39, 0.29) is 29.0 Å². The fourth-order valence-corrected chi connectivity index (χ4v) is 4.58. The number of aryl methyl sites for hydroxylation is 1. The number of carbonyl (C=O) groups excluding carboxylic acids is 3. The minimum atomic E-state index is -0.751. The molecule has 0 saturated carbocycles.